The molecule has 0 bridgehead atoms. The van der Waals surface area contributed by atoms with E-state index < -0.39 is 0 Å². The van der Waals surface area contributed by atoms with Gasteiger partial charge in [-0.25, -0.2) is 9.37 Å². The summed E-state index contributed by atoms with van der Waals surface area (Å²) < 4.78 is 12.9. The zero-order chi connectivity index (χ0) is 17.8. The molecular weight excluding hydrogens is 337 g/mol. The van der Waals surface area contributed by atoms with Crippen LogP contribution >= 0.6 is 11.8 Å². The summed E-state index contributed by atoms with van der Waals surface area (Å²) in [7, 11) is 1.76. The van der Waals surface area contributed by atoms with Gasteiger partial charge in [0.1, 0.15) is 11.6 Å². The Morgan fingerprint density at radius 3 is 2.68 bits per heavy atom. The first kappa shape index (κ1) is 17.5. The number of aromatic nitrogens is 2. The maximum Gasteiger partial charge on any atom is 0.232 e. The Hall–Kier alpha value is -2.34. The van der Waals surface area contributed by atoms with Gasteiger partial charge in [-0.1, -0.05) is 24.3 Å². The van der Waals surface area contributed by atoms with Crippen LogP contribution in [0.4, 0.5) is 4.39 Å². The van der Waals surface area contributed by atoms with Gasteiger partial charge < -0.3 is 9.88 Å². The molecule has 130 valence electrons. The van der Waals surface area contributed by atoms with Crippen LogP contribution in [0.1, 0.15) is 23.6 Å². The number of thioether (sulfide) groups is 1. The van der Waals surface area contributed by atoms with E-state index >= 15 is 0 Å². The van der Waals surface area contributed by atoms with Crippen molar-refractivity contribution in [1.82, 2.24) is 14.9 Å². The maximum absolute atomic E-state index is 12.9. The van der Waals surface area contributed by atoms with Crippen molar-refractivity contribution >= 4 is 28.7 Å². The van der Waals surface area contributed by atoms with Crippen LogP contribution in [-0.2, 0) is 11.3 Å². The molecule has 1 heterocycles. The number of carbonyl (C=O) groups excluding carboxylic acids is 1. The van der Waals surface area contributed by atoms with Crippen LogP contribution in [0.25, 0.3) is 11.0 Å². The molecule has 4 nitrogen and oxygen atoms in total. The van der Waals surface area contributed by atoms with Gasteiger partial charge in [0, 0.05) is 13.6 Å². The maximum atomic E-state index is 12.9. The van der Waals surface area contributed by atoms with E-state index in [0.29, 0.717) is 12.3 Å². The monoisotopic (exact) mass is 357 g/mol. The van der Waals surface area contributed by atoms with E-state index in [9.17, 15) is 9.18 Å². The smallest absolute Gasteiger partial charge is 0.232 e. The molecule has 1 unspecified atom stereocenters. The lowest BCUT2D eigenvalue weighted by atomic mass is 10.2. The number of imidazole rings is 1. The van der Waals surface area contributed by atoms with Crippen molar-refractivity contribution in [2.45, 2.75) is 18.7 Å². The molecular formula is C19H20FN3OS. The average Bonchev–Trinajstić information content (AvgIpc) is 3.05. The summed E-state index contributed by atoms with van der Waals surface area (Å²) in [5.41, 5.74) is 2.85. The summed E-state index contributed by atoms with van der Waals surface area (Å²) in [6.45, 7) is 2.51. The van der Waals surface area contributed by atoms with Gasteiger partial charge in [0.15, 0.2) is 0 Å². The average molecular weight is 357 g/mol. The fourth-order valence-corrected chi connectivity index (χ4v) is 3.38. The molecule has 1 atom stereocenters. The summed E-state index contributed by atoms with van der Waals surface area (Å²) in [5, 5.41) is 0.0931. The molecule has 2 aromatic carbocycles. The number of hydrogen-bond donors (Lipinski definition) is 1. The van der Waals surface area contributed by atoms with Gasteiger partial charge in [-0.3, -0.25) is 4.79 Å². The lowest BCUT2D eigenvalue weighted by Crippen LogP contribution is -2.28. The van der Waals surface area contributed by atoms with Gasteiger partial charge in [-0.05, 0) is 36.8 Å². The van der Waals surface area contributed by atoms with E-state index in [1.165, 1.54) is 12.1 Å². The van der Waals surface area contributed by atoms with Gasteiger partial charge in [0.05, 0.1) is 22.0 Å². The molecule has 0 aliphatic rings. The lowest BCUT2D eigenvalue weighted by Gasteiger charge is -2.18. The summed E-state index contributed by atoms with van der Waals surface area (Å²) in [6, 6.07) is 14.1. The molecule has 1 aromatic heterocycles. The number of fused-ring (bicyclic) bond motifs is 1. The van der Waals surface area contributed by atoms with E-state index in [2.05, 4.69) is 9.97 Å². The quantitative estimate of drug-likeness (QED) is 0.721. The fraction of sp³-hybridized carbons (Fsp3) is 0.263. The third kappa shape index (κ3) is 4.39. The second kappa shape index (κ2) is 7.70. The molecule has 0 aliphatic heterocycles. The number of benzene rings is 2. The molecule has 0 fully saturated rings. The van der Waals surface area contributed by atoms with E-state index in [4.69, 9.17) is 0 Å². The Kier molecular flexibility index (Phi) is 5.38. The van der Waals surface area contributed by atoms with E-state index in [1.807, 2.05) is 31.2 Å². The van der Waals surface area contributed by atoms with Gasteiger partial charge in [0.25, 0.3) is 0 Å². The SMILES string of the molecule is CC(SCC(=O)N(C)Cc1ccc(F)cc1)c1nc2ccccc2[nH]1. The summed E-state index contributed by atoms with van der Waals surface area (Å²) in [4.78, 5) is 21.9. The largest absolute Gasteiger partial charge is 0.341 e. The van der Waals surface area contributed by atoms with Crippen LogP contribution in [0.3, 0.4) is 0 Å². The molecule has 25 heavy (non-hydrogen) atoms. The summed E-state index contributed by atoms with van der Waals surface area (Å²) >= 11 is 1.55. The van der Waals surface area contributed by atoms with Crippen molar-refractivity contribution in [2.75, 3.05) is 12.8 Å². The predicted molar refractivity (Wildman–Crippen MR) is 99.8 cm³/mol. The van der Waals surface area contributed by atoms with Crippen molar-refractivity contribution in [3.05, 3.63) is 65.7 Å². The van der Waals surface area contributed by atoms with E-state index in [-0.39, 0.29) is 17.0 Å². The Bertz CT molecular complexity index is 829. The second-order valence-electron chi connectivity index (χ2n) is 5.97. The first-order chi connectivity index (χ1) is 12.0. The van der Waals surface area contributed by atoms with Gasteiger partial charge in [-0.15, -0.1) is 11.8 Å². The Balaban J connectivity index is 1.54. The molecule has 3 aromatic rings. The molecule has 6 heteroatoms. The number of aromatic amines is 1. The molecule has 0 spiro atoms. The first-order valence-corrected chi connectivity index (χ1v) is 9.12. The zero-order valence-electron chi connectivity index (χ0n) is 14.2. The van der Waals surface area contributed by atoms with E-state index in [0.717, 1.165) is 22.4 Å². The van der Waals surface area contributed by atoms with Crippen molar-refractivity contribution in [2.24, 2.45) is 0 Å². The number of nitrogens with one attached hydrogen (secondary N) is 1. The highest BCUT2D eigenvalue weighted by Gasteiger charge is 2.15. The minimum atomic E-state index is -0.270. The number of halogens is 1. The van der Waals surface area contributed by atoms with Crippen LogP contribution in [0.15, 0.2) is 48.5 Å². The minimum Gasteiger partial charge on any atom is -0.341 e. The minimum absolute atomic E-state index is 0.0392. The van der Waals surface area contributed by atoms with Crippen LogP contribution in [-0.4, -0.2) is 33.6 Å². The molecule has 0 aliphatic carbocycles. The number of rotatable bonds is 6. The highest BCUT2D eigenvalue weighted by molar-refractivity contribution is 8.00. The third-order valence-electron chi connectivity index (χ3n) is 4.01. The topological polar surface area (TPSA) is 49.0 Å². The third-order valence-corrected chi connectivity index (χ3v) is 5.15. The van der Waals surface area contributed by atoms with Crippen LogP contribution in [0.5, 0.6) is 0 Å². The molecule has 0 radical (unpaired) electrons. The molecule has 1 N–H and O–H groups in total. The predicted octanol–water partition coefficient (Wildman–Crippen LogP) is 4.15. The van der Waals surface area contributed by atoms with Crippen LogP contribution < -0.4 is 0 Å². The van der Waals surface area contributed by atoms with Gasteiger partial charge in [0.2, 0.25) is 5.91 Å². The molecule has 0 saturated heterocycles. The Labute approximate surface area is 150 Å². The highest BCUT2D eigenvalue weighted by Crippen LogP contribution is 2.27. The number of hydrogen-bond acceptors (Lipinski definition) is 3. The van der Waals surface area contributed by atoms with Crippen molar-refractivity contribution < 1.29 is 9.18 Å². The molecule has 1 amide bonds. The fourth-order valence-electron chi connectivity index (χ4n) is 2.50. The van der Waals surface area contributed by atoms with Crippen LogP contribution in [0, 0.1) is 5.82 Å². The highest BCUT2D eigenvalue weighted by atomic mass is 32.2. The number of amides is 1. The molecule has 0 saturated carbocycles. The van der Waals surface area contributed by atoms with Gasteiger partial charge in [-0.2, -0.15) is 0 Å². The first-order valence-electron chi connectivity index (χ1n) is 8.07. The molecule has 3 rings (SSSR count). The number of carbonyl (C=O) groups is 1. The van der Waals surface area contributed by atoms with Crippen molar-refractivity contribution in [3.63, 3.8) is 0 Å². The number of H-pyrrole nitrogens is 1. The number of nitrogens with zero attached hydrogens (tertiary/aromatic N) is 2. The van der Waals surface area contributed by atoms with E-state index in [1.54, 1.807) is 35.8 Å². The van der Waals surface area contributed by atoms with Crippen LogP contribution in [0.2, 0.25) is 0 Å². The Morgan fingerprint density at radius 1 is 1.24 bits per heavy atom. The Morgan fingerprint density at radius 2 is 1.96 bits per heavy atom. The normalized spacial score (nSPS) is 12.3. The van der Waals surface area contributed by atoms with Gasteiger partial charge >= 0.3 is 0 Å². The van der Waals surface area contributed by atoms with Crippen molar-refractivity contribution in [3.8, 4) is 0 Å². The summed E-state index contributed by atoms with van der Waals surface area (Å²) in [5.74, 6) is 1.01. The zero-order valence-corrected chi connectivity index (χ0v) is 15.0. The number of para-hydroxylation sites is 2. The lowest BCUT2D eigenvalue weighted by molar-refractivity contribution is -0.127. The standard InChI is InChI=1S/C19H20FN3OS/c1-13(19-21-16-5-3-4-6-17(16)22-19)25-12-18(24)23(2)11-14-7-9-15(20)10-8-14/h3-10,13H,11-12H2,1-2H3,(H,21,22). The second-order valence-corrected chi connectivity index (χ2v) is 7.30. The van der Waals surface area contributed by atoms with Crippen molar-refractivity contribution in [1.29, 1.82) is 0 Å². The summed E-state index contributed by atoms with van der Waals surface area (Å²) in [6.07, 6.45) is 0.